The standard InChI is InChI=1S/C14H27N3O/c1-6-15-13(10-18-11(3)4)9-14-8-12(5)16-17(14)7-2/h8,11,13,15H,6-7,9-10H2,1-5H3. The third kappa shape index (κ3) is 4.78. The molecular formula is C14H27N3O. The predicted molar refractivity (Wildman–Crippen MR) is 74.9 cm³/mol. The van der Waals surface area contributed by atoms with E-state index in [9.17, 15) is 0 Å². The maximum Gasteiger partial charge on any atom is 0.0626 e. The van der Waals surface area contributed by atoms with Crippen molar-refractivity contribution in [1.29, 1.82) is 0 Å². The molecule has 0 spiro atoms. The van der Waals surface area contributed by atoms with E-state index in [1.165, 1.54) is 5.69 Å². The highest BCUT2D eigenvalue weighted by molar-refractivity contribution is 5.10. The number of aryl methyl sites for hydroxylation is 2. The highest BCUT2D eigenvalue weighted by Crippen LogP contribution is 2.08. The maximum absolute atomic E-state index is 5.72. The fourth-order valence-electron chi connectivity index (χ4n) is 2.08. The summed E-state index contributed by atoms with van der Waals surface area (Å²) in [4.78, 5) is 0. The van der Waals surface area contributed by atoms with Crippen LogP contribution >= 0.6 is 0 Å². The van der Waals surface area contributed by atoms with Gasteiger partial charge in [-0.25, -0.2) is 0 Å². The Labute approximate surface area is 111 Å². The molecule has 1 rings (SSSR count). The van der Waals surface area contributed by atoms with Gasteiger partial charge in [0.15, 0.2) is 0 Å². The molecule has 18 heavy (non-hydrogen) atoms. The van der Waals surface area contributed by atoms with E-state index < -0.39 is 0 Å². The molecule has 1 N–H and O–H groups in total. The predicted octanol–water partition coefficient (Wildman–Crippen LogP) is 2.16. The quantitative estimate of drug-likeness (QED) is 0.771. The van der Waals surface area contributed by atoms with Gasteiger partial charge in [0.2, 0.25) is 0 Å². The van der Waals surface area contributed by atoms with Crippen LogP contribution in [0.1, 0.15) is 39.1 Å². The highest BCUT2D eigenvalue weighted by Gasteiger charge is 2.13. The molecule has 0 aliphatic rings. The summed E-state index contributed by atoms with van der Waals surface area (Å²) in [5, 5.41) is 7.97. The molecule has 0 radical (unpaired) electrons. The smallest absolute Gasteiger partial charge is 0.0626 e. The second-order valence-corrected chi connectivity index (χ2v) is 4.93. The summed E-state index contributed by atoms with van der Waals surface area (Å²) >= 11 is 0. The van der Waals surface area contributed by atoms with Crippen molar-refractivity contribution in [1.82, 2.24) is 15.1 Å². The van der Waals surface area contributed by atoms with Gasteiger partial charge in [-0.2, -0.15) is 5.10 Å². The first-order valence-corrected chi connectivity index (χ1v) is 6.95. The fourth-order valence-corrected chi connectivity index (χ4v) is 2.08. The Balaban J connectivity index is 2.63. The summed E-state index contributed by atoms with van der Waals surface area (Å²) < 4.78 is 7.80. The Morgan fingerprint density at radius 3 is 2.67 bits per heavy atom. The number of ether oxygens (including phenoxy) is 1. The van der Waals surface area contributed by atoms with Gasteiger partial charge in [0.1, 0.15) is 0 Å². The van der Waals surface area contributed by atoms with Gasteiger partial charge in [-0.1, -0.05) is 6.92 Å². The lowest BCUT2D eigenvalue weighted by Crippen LogP contribution is -2.36. The van der Waals surface area contributed by atoms with Crippen LogP contribution in [0.4, 0.5) is 0 Å². The zero-order valence-corrected chi connectivity index (χ0v) is 12.4. The van der Waals surface area contributed by atoms with Crippen LogP contribution in [-0.2, 0) is 17.7 Å². The Morgan fingerprint density at radius 2 is 2.11 bits per heavy atom. The minimum absolute atomic E-state index is 0.281. The average molecular weight is 253 g/mol. The molecule has 0 aliphatic heterocycles. The van der Waals surface area contributed by atoms with E-state index in [-0.39, 0.29) is 6.10 Å². The molecule has 0 amide bonds. The zero-order chi connectivity index (χ0) is 13.5. The van der Waals surface area contributed by atoms with E-state index in [4.69, 9.17) is 4.74 Å². The van der Waals surface area contributed by atoms with Gasteiger partial charge in [-0.15, -0.1) is 0 Å². The Kier molecular flexibility index (Phi) is 6.36. The van der Waals surface area contributed by atoms with Crippen molar-refractivity contribution in [3.8, 4) is 0 Å². The first-order valence-electron chi connectivity index (χ1n) is 6.95. The van der Waals surface area contributed by atoms with Gasteiger partial charge >= 0.3 is 0 Å². The molecule has 0 aliphatic carbocycles. The number of likely N-dealkylation sites (N-methyl/N-ethyl adjacent to an activating group) is 1. The number of nitrogens with zero attached hydrogens (tertiary/aromatic N) is 2. The van der Waals surface area contributed by atoms with E-state index in [0.29, 0.717) is 6.04 Å². The second kappa shape index (κ2) is 7.54. The number of aromatic nitrogens is 2. The lowest BCUT2D eigenvalue weighted by atomic mass is 10.1. The maximum atomic E-state index is 5.72. The van der Waals surface area contributed by atoms with E-state index in [1.54, 1.807) is 0 Å². The van der Waals surface area contributed by atoms with Crippen molar-refractivity contribution in [3.05, 3.63) is 17.5 Å². The lowest BCUT2D eigenvalue weighted by Gasteiger charge is -2.19. The monoisotopic (exact) mass is 253 g/mol. The molecule has 1 unspecified atom stereocenters. The van der Waals surface area contributed by atoms with Gasteiger partial charge in [0.05, 0.1) is 18.4 Å². The van der Waals surface area contributed by atoms with Crippen LogP contribution in [0.2, 0.25) is 0 Å². The van der Waals surface area contributed by atoms with E-state index in [0.717, 1.165) is 31.8 Å². The van der Waals surface area contributed by atoms with Crippen molar-refractivity contribution in [2.24, 2.45) is 0 Å². The van der Waals surface area contributed by atoms with Crippen LogP contribution in [0.25, 0.3) is 0 Å². The third-order valence-corrected chi connectivity index (χ3v) is 2.86. The van der Waals surface area contributed by atoms with Gasteiger partial charge in [0, 0.05) is 24.7 Å². The van der Waals surface area contributed by atoms with Crippen LogP contribution in [0.15, 0.2) is 6.07 Å². The fraction of sp³-hybridized carbons (Fsp3) is 0.786. The molecule has 1 aromatic heterocycles. The number of hydrogen-bond acceptors (Lipinski definition) is 3. The van der Waals surface area contributed by atoms with Gasteiger partial charge in [0.25, 0.3) is 0 Å². The molecule has 1 heterocycles. The normalized spacial score (nSPS) is 13.2. The molecule has 0 saturated carbocycles. The van der Waals surface area contributed by atoms with Crippen molar-refractivity contribution < 1.29 is 4.74 Å². The Bertz CT molecular complexity index is 347. The van der Waals surface area contributed by atoms with E-state index in [1.807, 2.05) is 6.92 Å². The SMILES string of the molecule is CCNC(COC(C)C)Cc1cc(C)nn1CC. The number of nitrogens with one attached hydrogen (secondary N) is 1. The van der Waals surface area contributed by atoms with Crippen LogP contribution < -0.4 is 5.32 Å². The molecular weight excluding hydrogens is 226 g/mol. The summed E-state index contributed by atoms with van der Waals surface area (Å²) in [5.74, 6) is 0. The second-order valence-electron chi connectivity index (χ2n) is 4.93. The van der Waals surface area contributed by atoms with Crippen molar-refractivity contribution in [3.63, 3.8) is 0 Å². The van der Waals surface area contributed by atoms with Gasteiger partial charge in [-0.05, 0) is 40.3 Å². The molecule has 104 valence electrons. The van der Waals surface area contributed by atoms with Crippen LogP contribution in [0.3, 0.4) is 0 Å². The van der Waals surface area contributed by atoms with Crippen molar-refractivity contribution in [2.75, 3.05) is 13.2 Å². The van der Waals surface area contributed by atoms with Gasteiger partial charge < -0.3 is 10.1 Å². The minimum atomic E-state index is 0.281. The summed E-state index contributed by atoms with van der Waals surface area (Å²) in [7, 11) is 0. The lowest BCUT2D eigenvalue weighted by molar-refractivity contribution is 0.0612. The van der Waals surface area contributed by atoms with Crippen LogP contribution in [0, 0.1) is 6.92 Å². The molecule has 1 aromatic rings. The van der Waals surface area contributed by atoms with Crippen LogP contribution in [-0.4, -0.2) is 35.1 Å². The number of hydrogen-bond donors (Lipinski definition) is 1. The molecule has 4 heteroatoms. The topological polar surface area (TPSA) is 39.1 Å². The van der Waals surface area contributed by atoms with E-state index >= 15 is 0 Å². The summed E-state index contributed by atoms with van der Waals surface area (Å²) in [5.41, 5.74) is 2.38. The summed E-state index contributed by atoms with van der Waals surface area (Å²) in [6.45, 7) is 13.1. The Hall–Kier alpha value is -0.870. The molecule has 0 aromatic carbocycles. The number of rotatable bonds is 8. The molecule has 0 bridgehead atoms. The molecule has 4 nitrogen and oxygen atoms in total. The van der Waals surface area contributed by atoms with Crippen molar-refractivity contribution >= 4 is 0 Å². The first kappa shape index (κ1) is 15.2. The largest absolute Gasteiger partial charge is 0.377 e. The minimum Gasteiger partial charge on any atom is -0.377 e. The average Bonchev–Trinajstić information content (AvgIpc) is 2.66. The highest BCUT2D eigenvalue weighted by atomic mass is 16.5. The zero-order valence-electron chi connectivity index (χ0n) is 12.4. The molecule has 1 atom stereocenters. The molecule has 0 fully saturated rings. The Morgan fingerprint density at radius 1 is 1.39 bits per heavy atom. The van der Waals surface area contributed by atoms with Crippen molar-refractivity contribution in [2.45, 2.75) is 59.7 Å². The third-order valence-electron chi connectivity index (χ3n) is 2.86. The summed E-state index contributed by atoms with van der Waals surface area (Å²) in [6, 6.07) is 2.53. The first-order chi connectivity index (χ1) is 8.56. The van der Waals surface area contributed by atoms with Gasteiger partial charge in [-0.3, -0.25) is 4.68 Å². The summed E-state index contributed by atoms with van der Waals surface area (Å²) in [6.07, 6.45) is 1.25. The van der Waals surface area contributed by atoms with E-state index in [2.05, 4.69) is 48.9 Å². The molecule has 0 saturated heterocycles. The van der Waals surface area contributed by atoms with Crippen LogP contribution in [0.5, 0.6) is 0 Å².